The quantitative estimate of drug-likeness (QED) is 0.219. The Balaban J connectivity index is 1.82. The topological polar surface area (TPSA) is 142 Å². The summed E-state index contributed by atoms with van der Waals surface area (Å²) >= 11 is 0. The first-order valence-corrected chi connectivity index (χ1v) is 18.1. The number of unbranched alkanes of at least 4 members (excludes halogenated alkanes) is 1. The number of likely N-dealkylation sites (tertiary alicyclic amines) is 1. The summed E-state index contributed by atoms with van der Waals surface area (Å²) in [6.45, 7) is 14.2. The number of benzene rings is 2. The second-order valence-electron chi connectivity index (χ2n) is 13.6. The monoisotopic (exact) mass is 679 g/mol. The van der Waals surface area contributed by atoms with Gasteiger partial charge in [0.15, 0.2) is 0 Å². The van der Waals surface area contributed by atoms with E-state index in [1.54, 1.807) is 48.9 Å². The molecule has 0 radical (unpaired) electrons. The van der Waals surface area contributed by atoms with Gasteiger partial charge in [0.1, 0.15) is 6.04 Å². The normalized spacial score (nSPS) is 15.1. The van der Waals surface area contributed by atoms with Crippen molar-refractivity contribution in [3.05, 3.63) is 64.8 Å². The first-order chi connectivity index (χ1) is 22.6. The van der Waals surface area contributed by atoms with Gasteiger partial charge in [-0.25, -0.2) is 13.1 Å². The molecule has 3 aromatic rings. The number of nitrogens with one attached hydrogen (secondary N) is 2. The van der Waals surface area contributed by atoms with Gasteiger partial charge in [0.25, 0.3) is 10.0 Å². The first kappa shape index (κ1) is 36.6. The number of hydrogen-bond acceptors (Lipinski definition) is 7. The summed E-state index contributed by atoms with van der Waals surface area (Å²) in [5.74, 6) is -0.415. The van der Waals surface area contributed by atoms with E-state index in [0.717, 1.165) is 17.5 Å². The first-order valence-electron chi connectivity index (χ1n) is 16.6. The van der Waals surface area contributed by atoms with E-state index in [0.29, 0.717) is 48.2 Å². The van der Waals surface area contributed by atoms with Crippen molar-refractivity contribution in [2.24, 2.45) is 11.3 Å². The van der Waals surface area contributed by atoms with Gasteiger partial charge >= 0.3 is 0 Å². The van der Waals surface area contributed by atoms with Gasteiger partial charge in [0.05, 0.1) is 10.6 Å². The zero-order chi connectivity index (χ0) is 35.4. The van der Waals surface area contributed by atoms with E-state index >= 15 is 0 Å². The fraction of sp³-hybridized carbons (Fsp3) is 0.500. The summed E-state index contributed by atoms with van der Waals surface area (Å²) in [6.07, 6.45) is 2.57. The molecule has 2 heterocycles. The second kappa shape index (κ2) is 14.9. The van der Waals surface area contributed by atoms with Crippen molar-refractivity contribution in [3.8, 4) is 11.1 Å². The summed E-state index contributed by atoms with van der Waals surface area (Å²) in [6, 6.07) is 11.6. The maximum Gasteiger partial charge on any atom is 0.264 e. The standard InChI is InChI=1S/C36H49N5O6S/c1-9-10-15-31(42)41(32(23(2)3)33(43)37-8)21-26-16-17-28(27(20-26)22-40-19-18-36(6,7)35(40)44)29-13-11-12-14-30(29)48(45,46)39-34-24(4)25(5)38-47-34/h11-14,16-17,20,23,32,39H,9-10,15,18-19,21-22H2,1-8H3,(H,37,43). The summed E-state index contributed by atoms with van der Waals surface area (Å²) in [7, 11) is -2.55. The SMILES string of the molecule is CCCCC(=O)N(Cc1ccc(-c2ccccc2S(=O)(=O)Nc2onc(C)c2C)c(CN2CCC(C)(C)C2=O)c1)C(C(=O)NC)C(C)C. The number of hydrogen-bond donors (Lipinski definition) is 2. The highest BCUT2D eigenvalue weighted by molar-refractivity contribution is 7.92. The minimum atomic E-state index is -4.12. The van der Waals surface area contributed by atoms with Crippen LogP contribution < -0.4 is 10.0 Å². The molecular weight excluding hydrogens is 630 g/mol. The summed E-state index contributed by atoms with van der Waals surface area (Å²) in [5, 5.41) is 6.59. The Morgan fingerprint density at radius 1 is 1.10 bits per heavy atom. The van der Waals surface area contributed by atoms with Crippen molar-refractivity contribution in [1.82, 2.24) is 20.3 Å². The molecule has 0 saturated carbocycles. The molecule has 1 atom stereocenters. The van der Waals surface area contributed by atoms with E-state index in [9.17, 15) is 22.8 Å². The molecule has 2 N–H and O–H groups in total. The molecule has 1 aliphatic heterocycles. The average molecular weight is 680 g/mol. The predicted molar refractivity (Wildman–Crippen MR) is 185 cm³/mol. The Kier molecular flexibility index (Phi) is 11.4. The third kappa shape index (κ3) is 7.91. The highest BCUT2D eigenvalue weighted by Gasteiger charge is 2.39. The maximum absolute atomic E-state index is 13.8. The molecule has 11 nitrogen and oxygen atoms in total. The van der Waals surface area contributed by atoms with E-state index in [1.807, 2.05) is 52.8 Å². The van der Waals surface area contributed by atoms with Crippen molar-refractivity contribution in [2.45, 2.75) is 98.2 Å². The van der Waals surface area contributed by atoms with Crippen molar-refractivity contribution >= 4 is 33.6 Å². The number of nitrogens with zero attached hydrogens (tertiary/aromatic N) is 3. The maximum atomic E-state index is 13.8. The van der Waals surface area contributed by atoms with Crippen LogP contribution in [-0.4, -0.2) is 60.7 Å². The molecule has 0 bridgehead atoms. The zero-order valence-corrected chi connectivity index (χ0v) is 30.2. The number of aromatic nitrogens is 1. The minimum absolute atomic E-state index is 0.0217. The van der Waals surface area contributed by atoms with Gasteiger partial charge in [-0.05, 0) is 55.4 Å². The Labute approximate surface area is 284 Å². The van der Waals surface area contributed by atoms with Gasteiger partial charge in [-0.2, -0.15) is 0 Å². The van der Waals surface area contributed by atoms with Gasteiger partial charge in [-0.3, -0.25) is 14.4 Å². The van der Waals surface area contributed by atoms with Gasteiger partial charge in [-0.15, -0.1) is 0 Å². The summed E-state index contributed by atoms with van der Waals surface area (Å²) in [5.41, 5.74) is 3.25. The Morgan fingerprint density at radius 3 is 2.40 bits per heavy atom. The lowest BCUT2D eigenvalue weighted by Crippen LogP contribution is -2.51. The summed E-state index contributed by atoms with van der Waals surface area (Å²) in [4.78, 5) is 43.5. The number of carbonyl (C=O) groups is 3. The van der Waals surface area contributed by atoms with Crippen molar-refractivity contribution < 1.29 is 27.3 Å². The number of aryl methyl sites for hydroxylation is 1. The van der Waals surface area contributed by atoms with Crippen LogP contribution in [0.2, 0.25) is 0 Å². The Morgan fingerprint density at radius 2 is 1.81 bits per heavy atom. The lowest BCUT2D eigenvalue weighted by atomic mass is 9.92. The van der Waals surface area contributed by atoms with Crippen LogP contribution in [0.4, 0.5) is 5.88 Å². The van der Waals surface area contributed by atoms with E-state index in [2.05, 4.69) is 15.2 Å². The highest BCUT2D eigenvalue weighted by atomic mass is 32.2. The predicted octanol–water partition coefficient (Wildman–Crippen LogP) is 5.81. The van der Waals surface area contributed by atoms with Crippen LogP contribution >= 0.6 is 0 Å². The van der Waals surface area contributed by atoms with E-state index < -0.39 is 21.5 Å². The third-order valence-electron chi connectivity index (χ3n) is 9.15. The molecule has 1 aromatic heterocycles. The lowest BCUT2D eigenvalue weighted by molar-refractivity contribution is -0.142. The van der Waals surface area contributed by atoms with E-state index in [1.165, 1.54) is 6.07 Å². The molecule has 0 aliphatic carbocycles. The fourth-order valence-corrected chi connectivity index (χ4v) is 7.39. The molecule has 0 spiro atoms. The highest BCUT2D eigenvalue weighted by Crippen LogP contribution is 2.36. The second-order valence-corrected chi connectivity index (χ2v) is 15.3. The number of anilines is 1. The van der Waals surface area contributed by atoms with Gasteiger partial charge in [0.2, 0.25) is 23.6 Å². The molecule has 3 amide bonds. The molecule has 1 fully saturated rings. The zero-order valence-electron chi connectivity index (χ0n) is 29.3. The van der Waals surface area contributed by atoms with Crippen LogP contribution in [-0.2, 0) is 37.5 Å². The van der Waals surface area contributed by atoms with Crippen LogP contribution in [0.1, 0.15) is 82.7 Å². The number of rotatable bonds is 14. The van der Waals surface area contributed by atoms with Crippen LogP contribution in [0.25, 0.3) is 11.1 Å². The molecule has 260 valence electrons. The lowest BCUT2D eigenvalue weighted by Gasteiger charge is -2.34. The number of likely N-dealkylation sites (N-methyl/N-ethyl adjacent to an activating group) is 1. The Hall–Kier alpha value is -4.19. The fourth-order valence-electron chi connectivity index (χ4n) is 6.12. The molecule has 4 rings (SSSR count). The van der Waals surface area contributed by atoms with Crippen LogP contribution in [0.5, 0.6) is 0 Å². The van der Waals surface area contributed by atoms with Gasteiger partial charge in [0, 0.05) is 49.6 Å². The van der Waals surface area contributed by atoms with Crippen LogP contribution in [0, 0.1) is 25.2 Å². The van der Waals surface area contributed by atoms with Gasteiger partial charge in [-0.1, -0.05) is 82.6 Å². The van der Waals surface area contributed by atoms with Crippen LogP contribution in [0.15, 0.2) is 51.9 Å². The average Bonchev–Trinajstić information content (AvgIpc) is 3.49. The van der Waals surface area contributed by atoms with Crippen molar-refractivity contribution in [1.29, 1.82) is 0 Å². The Bertz CT molecular complexity index is 1760. The van der Waals surface area contributed by atoms with Gasteiger partial charge < -0.3 is 19.6 Å². The van der Waals surface area contributed by atoms with E-state index in [-0.39, 0.29) is 47.5 Å². The van der Waals surface area contributed by atoms with Crippen LogP contribution in [0.3, 0.4) is 0 Å². The summed E-state index contributed by atoms with van der Waals surface area (Å²) < 4.78 is 35.4. The van der Waals surface area contributed by atoms with Crippen molar-refractivity contribution in [3.63, 3.8) is 0 Å². The molecule has 2 aromatic carbocycles. The molecule has 48 heavy (non-hydrogen) atoms. The largest absolute Gasteiger partial charge is 0.357 e. The number of amides is 3. The minimum Gasteiger partial charge on any atom is -0.357 e. The molecule has 1 unspecified atom stereocenters. The molecule has 1 saturated heterocycles. The van der Waals surface area contributed by atoms with E-state index in [4.69, 9.17) is 4.52 Å². The number of carbonyl (C=O) groups excluding carboxylic acids is 3. The smallest absolute Gasteiger partial charge is 0.264 e. The van der Waals surface area contributed by atoms with Crippen molar-refractivity contribution in [2.75, 3.05) is 18.3 Å². The molecular formula is C36H49N5O6S. The number of sulfonamides is 1. The molecule has 1 aliphatic rings. The third-order valence-corrected chi connectivity index (χ3v) is 10.5. The molecule has 12 heteroatoms.